The quantitative estimate of drug-likeness (QED) is 0.694. The fraction of sp³-hybridized carbons (Fsp3) is 0.400. The van der Waals surface area contributed by atoms with E-state index in [-0.39, 0.29) is 5.91 Å². The van der Waals surface area contributed by atoms with Crippen LogP contribution in [0.2, 0.25) is 0 Å². The molecule has 0 aliphatic heterocycles. The molecular formula is C10H14N2O. The third-order valence-electron chi connectivity index (χ3n) is 2.00. The Kier molecular flexibility index (Phi) is 3.43. The van der Waals surface area contributed by atoms with Crippen LogP contribution in [0, 0.1) is 0 Å². The lowest BCUT2D eigenvalue weighted by Gasteiger charge is -2.13. The second-order valence-corrected chi connectivity index (χ2v) is 3.05. The normalized spacial score (nSPS) is 9.69. The molecular weight excluding hydrogens is 164 g/mol. The average molecular weight is 178 g/mol. The molecule has 0 aliphatic carbocycles. The van der Waals surface area contributed by atoms with Crippen molar-refractivity contribution in [2.75, 3.05) is 13.6 Å². The summed E-state index contributed by atoms with van der Waals surface area (Å²) in [4.78, 5) is 16.6. The largest absolute Gasteiger partial charge is 0.346 e. The minimum Gasteiger partial charge on any atom is -0.346 e. The summed E-state index contributed by atoms with van der Waals surface area (Å²) < 4.78 is 0. The summed E-state index contributed by atoms with van der Waals surface area (Å²) in [6.45, 7) is 2.32. The van der Waals surface area contributed by atoms with E-state index in [2.05, 4.69) is 4.98 Å². The molecule has 1 aromatic heterocycles. The zero-order chi connectivity index (χ0) is 9.68. The van der Waals surface area contributed by atoms with Crippen molar-refractivity contribution in [3.05, 3.63) is 30.1 Å². The molecule has 1 aromatic rings. The monoisotopic (exact) mass is 178 g/mol. The number of nitrogens with zero attached hydrogens (tertiary/aromatic N) is 2. The van der Waals surface area contributed by atoms with Crippen molar-refractivity contribution < 1.29 is 4.79 Å². The second-order valence-electron chi connectivity index (χ2n) is 3.05. The Hall–Kier alpha value is -1.38. The molecule has 1 amide bonds. The molecule has 0 N–H and O–H groups in total. The number of aromatic nitrogens is 1. The molecule has 0 saturated carbocycles. The van der Waals surface area contributed by atoms with Gasteiger partial charge in [0.15, 0.2) is 0 Å². The lowest BCUT2D eigenvalue weighted by atomic mass is 10.2. The Labute approximate surface area is 78.4 Å². The summed E-state index contributed by atoms with van der Waals surface area (Å²) in [5.74, 6) is 0.101. The Bertz CT molecular complexity index is 272. The summed E-state index contributed by atoms with van der Waals surface area (Å²) in [5.41, 5.74) is 1.16. The lowest BCUT2D eigenvalue weighted by molar-refractivity contribution is -0.127. The third kappa shape index (κ3) is 3.23. The van der Waals surface area contributed by atoms with Gasteiger partial charge in [-0.15, -0.1) is 0 Å². The van der Waals surface area contributed by atoms with Gasteiger partial charge in [0.1, 0.15) is 0 Å². The van der Waals surface area contributed by atoms with Crippen molar-refractivity contribution >= 4 is 5.91 Å². The lowest BCUT2D eigenvalue weighted by Crippen LogP contribution is -2.26. The van der Waals surface area contributed by atoms with Crippen LogP contribution in [0.3, 0.4) is 0 Å². The topological polar surface area (TPSA) is 33.2 Å². The minimum absolute atomic E-state index is 0.101. The second kappa shape index (κ2) is 4.60. The number of rotatable bonds is 3. The zero-order valence-corrected chi connectivity index (χ0v) is 8.03. The summed E-state index contributed by atoms with van der Waals surface area (Å²) in [6, 6.07) is 3.92. The van der Waals surface area contributed by atoms with Crippen LogP contribution < -0.4 is 0 Å². The van der Waals surface area contributed by atoms with Crippen LogP contribution in [-0.2, 0) is 11.2 Å². The molecule has 0 saturated heterocycles. The molecule has 13 heavy (non-hydrogen) atoms. The zero-order valence-electron chi connectivity index (χ0n) is 8.03. The van der Waals surface area contributed by atoms with Crippen LogP contribution in [0.4, 0.5) is 0 Å². The SMILES string of the molecule is CC(=O)N(C)CCc1cccnc1. The van der Waals surface area contributed by atoms with E-state index in [1.165, 1.54) is 0 Å². The van der Waals surface area contributed by atoms with Gasteiger partial charge in [-0.05, 0) is 18.1 Å². The highest BCUT2D eigenvalue weighted by Crippen LogP contribution is 1.98. The van der Waals surface area contributed by atoms with Gasteiger partial charge in [-0.1, -0.05) is 6.07 Å². The van der Waals surface area contributed by atoms with Gasteiger partial charge in [0.25, 0.3) is 0 Å². The maximum Gasteiger partial charge on any atom is 0.219 e. The first-order chi connectivity index (χ1) is 6.20. The molecule has 0 bridgehead atoms. The van der Waals surface area contributed by atoms with Gasteiger partial charge in [0, 0.05) is 32.9 Å². The van der Waals surface area contributed by atoms with E-state index in [0.717, 1.165) is 18.5 Å². The van der Waals surface area contributed by atoms with Crippen molar-refractivity contribution in [1.29, 1.82) is 0 Å². The molecule has 3 nitrogen and oxygen atoms in total. The van der Waals surface area contributed by atoms with Gasteiger partial charge in [0.2, 0.25) is 5.91 Å². The van der Waals surface area contributed by atoms with E-state index in [0.29, 0.717) is 0 Å². The van der Waals surface area contributed by atoms with Gasteiger partial charge in [-0.2, -0.15) is 0 Å². The number of carbonyl (C=O) groups is 1. The molecule has 1 heterocycles. The van der Waals surface area contributed by atoms with Crippen LogP contribution in [-0.4, -0.2) is 29.4 Å². The highest BCUT2D eigenvalue weighted by atomic mass is 16.2. The predicted octanol–water partition coefficient (Wildman–Crippen LogP) is 1.10. The first kappa shape index (κ1) is 9.71. The summed E-state index contributed by atoms with van der Waals surface area (Å²) in [5, 5.41) is 0. The fourth-order valence-corrected chi connectivity index (χ4v) is 1.00. The van der Waals surface area contributed by atoms with Crippen LogP contribution in [0.15, 0.2) is 24.5 Å². The maximum absolute atomic E-state index is 10.9. The molecule has 3 heteroatoms. The standard InChI is InChI=1S/C10H14N2O/c1-9(13)12(2)7-5-10-4-3-6-11-8-10/h3-4,6,8H,5,7H2,1-2H3. The van der Waals surface area contributed by atoms with E-state index in [4.69, 9.17) is 0 Å². The average Bonchev–Trinajstić information content (AvgIpc) is 2.15. The highest BCUT2D eigenvalue weighted by molar-refractivity contribution is 5.72. The van der Waals surface area contributed by atoms with Gasteiger partial charge in [-0.25, -0.2) is 0 Å². The van der Waals surface area contributed by atoms with E-state index in [1.54, 1.807) is 25.1 Å². The summed E-state index contributed by atoms with van der Waals surface area (Å²) >= 11 is 0. The Balaban J connectivity index is 2.39. The highest BCUT2D eigenvalue weighted by Gasteiger charge is 2.01. The number of pyridine rings is 1. The van der Waals surface area contributed by atoms with Crippen molar-refractivity contribution in [2.24, 2.45) is 0 Å². The molecule has 0 aromatic carbocycles. The molecule has 70 valence electrons. The molecule has 0 fully saturated rings. The van der Waals surface area contributed by atoms with Crippen LogP contribution in [0.5, 0.6) is 0 Å². The predicted molar refractivity (Wildman–Crippen MR) is 51.3 cm³/mol. The number of hydrogen-bond acceptors (Lipinski definition) is 2. The Morgan fingerprint density at radius 3 is 2.92 bits per heavy atom. The first-order valence-corrected chi connectivity index (χ1v) is 4.31. The first-order valence-electron chi connectivity index (χ1n) is 4.31. The number of hydrogen-bond donors (Lipinski definition) is 0. The summed E-state index contributed by atoms with van der Waals surface area (Å²) in [7, 11) is 1.80. The molecule has 0 unspecified atom stereocenters. The van der Waals surface area contributed by atoms with E-state index >= 15 is 0 Å². The molecule has 1 rings (SSSR count). The van der Waals surface area contributed by atoms with E-state index < -0.39 is 0 Å². The van der Waals surface area contributed by atoms with Gasteiger partial charge >= 0.3 is 0 Å². The maximum atomic E-state index is 10.9. The third-order valence-corrected chi connectivity index (χ3v) is 2.00. The Morgan fingerprint density at radius 2 is 2.38 bits per heavy atom. The molecule has 0 radical (unpaired) electrons. The van der Waals surface area contributed by atoms with Gasteiger partial charge in [-0.3, -0.25) is 9.78 Å². The summed E-state index contributed by atoms with van der Waals surface area (Å²) in [6.07, 6.45) is 4.44. The minimum atomic E-state index is 0.101. The molecule has 0 atom stereocenters. The van der Waals surface area contributed by atoms with Crippen LogP contribution in [0.25, 0.3) is 0 Å². The van der Waals surface area contributed by atoms with E-state index in [9.17, 15) is 4.79 Å². The molecule has 0 aliphatic rings. The number of likely N-dealkylation sites (N-methyl/N-ethyl adjacent to an activating group) is 1. The number of carbonyl (C=O) groups excluding carboxylic acids is 1. The van der Waals surface area contributed by atoms with Crippen LogP contribution in [0.1, 0.15) is 12.5 Å². The smallest absolute Gasteiger partial charge is 0.219 e. The van der Waals surface area contributed by atoms with Crippen molar-refractivity contribution in [2.45, 2.75) is 13.3 Å². The van der Waals surface area contributed by atoms with Gasteiger partial charge < -0.3 is 4.90 Å². The van der Waals surface area contributed by atoms with Gasteiger partial charge in [0.05, 0.1) is 0 Å². The molecule has 0 spiro atoms. The van der Waals surface area contributed by atoms with Crippen LogP contribution >= 0.6 is 0 Å². The number of amides is 1. The Morgan fingerprint density at radius 1 is 1.62 bits per heavy atom. The van der Waals surface area contributed by atoms with Crippen molar-refractivity contribution in [3.8, 4) is 0 Å². The van der Waals surface area contributed by atoms with E-state index in [1.807, 2.05) is 18.3 Å². The van der Waals surface area contributed by atoms with Crippen molar-refractivity contribution in [1.82, 2.24) is 9.88 Å². The fourth-order valence-electron chi connectivity index (χ4n) is 1.00. The van der Waals surface area contributed by atoms with Crippen molar-refractivity contribution in [3.63, 3.8) is 0 Å².